The molecule has 49 heavy (non-hydrogen) atoms. The Labute approximate surface area is 268 Å². The van der Waals surface area contributed by atoms with E-state index in [1.807, 2.05) is 0 Å². The Kier molecular flexibility index (Phi) is 7.90. The highest BCUT2D eigenvalue weighted by atomic mass is 19.4. The topological polar surface area (TPSA) is 143 Å². The lowest BCUT2D eigenvalue weighted by Gasteiger charge is -2.15. The predicted octanol–water partition coefficient (Wildman–Crippen LogP) is 8.64. The summed E-state index contributed by atoms with van der Waals surface area (Å²) in [6.07, 6.45) is -10.5. The maximum Gasteiger partial charge on any atom is 0.419 e. The first-order chi connectivity index (χ1) is 23.1. The number of nitrogens with zero attached hydrogens (tertiary/aromatic N) is 6. The zero-order valence-electron chi connectivity index (χ0n) is 23.6. The number of halogens is 9. The fraction of sp³-hybridized carbons (Fsp3) is 0.0588. The Balaban J connectivity index is 1.97. The molecule has 0 amide bonds. The van der Waals surface area contributed by atoms with Crippen molar-refractivity contribution in [2.45, 2.75) is 12.4 Å². The number of rotatable bonds is 2. The fourth-order valence-corrected chi connectivity index (χ4v) is 5.68. The molecule has 0 bridgehead atoms. The minimum absolute atomic E-state index is 0.270. The third-order valence-electron chi connectivity index (χ3n) is 7.60. The van der Waals surface area contributed by atoms with Crippen LogP contribution in [0.15, 0.2) is 53.6 Å². The minimum Gasteiger partial charge on any atom is -0.206 e. The maximum atomic E-state index is 17.0. The molecule has 5 rings (SSSR count). The van der Waals surface area contributed by atoms with E-state index in [0.717, 1.165) is 18.2 Å². The van der Waals surface area contributed by atoms with Gasteiger partial charge in [-0.25, -0.2) is 13.2 Å². The van der Waals surface area contributed by atoms with Gasteiger partial charge < -0.3 is 0 Å². The van der Waals surface area contributed by atoms with Crippen LogP contribution in [-0.2, 0) is 12.4 Å². The summed E-state index contributed by atoms with van der Waals surface area (Å²) in [5.74, 6) is -4.96. The van der Waals surface area contributed by atoms with E-state index in [-0.39, 0.29) is 12.1 Å². The van der Waals surface area contributed by atoms with Crippen molar-refractivity contribution in [2.75, 3.05) is 0 Å². The Morgan fingerprint density at radius 3 is 1.14 bits per heavy atom. The van der Waals surface area contributed by atoms with E-state index in [1.165, 1.54) is 24.3 Å². The summed E-state index contributed by atoms with van der Waals surface area (Å²) in [6, 6.07) is 12.9. The lowest BCUT2D eigenvalue weighted by Crippen LogP contribution is -2.09. The van der Waals surface area contributed by atoms with Gasteiger partial charge in [0.15, 0.2) is 0 Å². The number of allylic oxidation sites excluding steroid dienone is 8. The normalized spacial score (nSPS) is 13.4. The molecule has 15 heteroatoms. The highest BCUT2D eigenvalue weighted by molar-refractivity contribution is 6.30. The highest BCUT2D eigenvalue weighted by Gasteiger charge is 2.43. The molecule has 236 valence electrons. The molecule has 3 aromatic rings. The Morgan fingerprint density at radius 1 is 0.510 bits per heavy atom. The van der Waals surface area contributed by atoms with E-state index in [0.29, 0.717) is 12.1 Å². The van der Waals surface area contributed by atoms with Crippen LogP contribution in [0, 0.1) is 85.4 Å². The zero-order valence-corrected chi connectivity index (χ0v) is 23.6. The largest absolute Gasteiger partial charge is 0.419 e. The molecule has 2 aliphatic rings. The van der Waals surface area contributed by atoms with Crippen LogP contribution in [-0.4, -0.2) is 0 Å². The SMILES string of the molecule is N#CC(C#N)=C1C(c2ccc(F)c(C(F)(F)F)c2)=C(C#N)c2cc3c(c(F)c21)C(=C(C#N)C#N)C(c1ccc(F)c(C(F)(F)F)c1)=C3C#N. The third-order valence-corrected chi connectivity index (χ3v) is 7.60. The molecular weight excluding hydrogens is 663 g/mol. The summed E-state index contributed by atoms with van der Waals surface area (Å²) in [6.45, 7) is 0. The van der Waals surface area contributed by atoms with Crippen LogP contribution in [0.2, 0.25) is 0 Å². The molecule has 0 saturated carbocycles. The van der Waals surface area contributed by atoms with Gasteiger partial charge in [0.2, 0.25) is 0 Å². The Bertz CT molecular complexity index is 2250. The second kappa shape index (κ2) is 11.6. The number of benzene rings is 3. The van der Waals surface area contributed by atoms with Gasteiger partial charge in [0.25, 0.3) is 0 Å². The molecule has 0 aromatic heterocycles. The first-order valence-corrected chi connectivity index (χ1v) is 13.1. The van der Waals surface area contributed by atoms with E-state index >= 15 is 4.39 Å². The van der Waals surface area contributed by atoms with Gasteiger partial charge in [-0.05, 0) is 41.5 Å². The van der Waals surface area contributed by atoms with Crippen molar-refractivity contribution in [3.63, 3.8) is 0 Å². The average molecular weight is 670 g/mol. The molecule has 0 radical (unpaired) electrons. The van der Waals surface area contributed by atoms with Crippen molar-refractivity contribution in [2.24, 2.45) is 0 Å². The van der Waals surface area contributed by atoms with Crippen LogP contribution >= 0.6 is 0 Å². The van der Waals surface area contributed by atoms with Crippen molar-refractivity contribution >= 4 is 33.4 Å². The zero-order chi connectivity index (χ0) is 36.2. The fourth-order valence-electron chi connectivity index (χ4n) is 5.68. The highest BCUT2D eigenvalue weighted by Crippen LogP contribution is 2.56. The van der Waals surface area contributed by atoms with Gasteiger partial charge in [-0.15, -0.1) is 0 Å². The molecule has 0 N–H and O–H groups in total. The predicted molar refractivity (Wildman–Crippen MR) is 150 cm³/mol. The van der Waals surface area contributed by atoms with E-state index in [4.69, 9.17) is 0 Å². The standard InChI is InChI=1S/C34H7F9N6/c35-24-3-1-14(5-22(24)33(38,39)40)26-20(12-48)18-7-19-21(13-49)27(15-2-4-25(36)23(6-15)34(41,42)43)29(17(10-46)11-47)31(19)32(37)30(18)28(26)16(8-44)9-45/h1-7H. The number of hydrogen-bond acceptors (Lipinski definition) is 6. The van der Waals surface area contributed by atoms with E-state index in [1.54, 1.807) is 12.1 Å². The molecular formula is C34H7F9N6. The van der Waals surface area contributed by atoms with Gasteiger partial charge in [0, 0.05) is 44.5 Å². The van der Waals surface area contributed by atoms with Gasteiger partial charge in [-0.1, -0.05) is 12.1 Å². The summed E-state index contributed by atoms with van der Waals surface area (Å²) in [4.78, 5) is 0. The average Bonchev–Trinajstić information content (AvgIpc) is 3.55. The van der Waals surface area contributed by atoms with Crippen molar-refractivity contribution in [1.29, 1.82) is 31.6 Å². The van der Waals surface area contributed by atoms with Gasteiger partial charge in [0.1, 0.15) is 65.0 Å². The van der Waals surface area contributed by atoms with Crippen LogP contribution in [0.1, 0.15) is 44.5 Å². The molecule has 0 fully saturated rings. The number of alkyl halides is 6. The van der Waals surface area contributed by atoms with Crippen LogP contribution in [0.3, 0.4) is 0 Å². The molecule has 0 spiro atoms. The van der Waals surface area contributed by atoms with Crippen molar-refractivity contribution < 1.29 is 39.5 Å². The monoisotopic (exact) mass is 670 g/mol. The Hall–Kier alpha value is -7.07. The first-order valence-electron chi connectivity index (χ1n) is 13.1. The molecule has 0 heterocycles. The Morgan fingerprint density at radius 2 is 0.857 bits per heavy atom. The minimum atomic E-state index is -5.26. The molecule has 0 saturated heterocycles. The van der Waals surface area contributed by atoms with E-state index in [2.05, 4.69) is 0 Å². The van der Waals surface area contributed by atoms with Crippen molar-refractivity contribution in [3.05, 3.63) is 116 Å². The van der Waals surface area contributed by atoms with Gasteiger partial charge in [-0.3, -0.25) is 0 Å². The van der Waals surface area contributed by atoms with Crippen molar-refractivity contribution in [1.82, 2.24) is 0 Å². The number of hydrogen-bond donors (Lipinski definition) is 0. The molecule has 0 atom stereocenters. The first kappa shape index (κ1) is 33.3. The summed E-state index contributed by atoms with van der Waals surface area (Å²) < 4.78 is 127. The quantitative estimate of drug-likeness (QED) is 0.197. The summed E-state index contributed by atoms with van der Waals surface area (Å²) in [5, 5.41) is 59.5. The van der Waals surface area contributed by atoms with Gasteiger partial charge in [-0.2, -0.15) is 57.9 Å². The van der Waals surface area contributed by atoms with Crippen LogP contribution in [0.25, 0.3) is 33.4 Å². The number of fused-ring (bicyclic) bond motifs is 2. The number of nitriles is 6. The van der Waals surface area contributed by atoms with Crippen LogP contribution in [0.4, 0.5) is 39.5 Å². The second-order valence-corrected chi connectivity index (χ2v) is 10.1. The van der Waals surface area contributed by atoms with E-state index < -0.39 is 119 Å². The molecule has 6 nitrogen and oxygen atoms in total. The lowest BCUT2D eigenvalue weighted by molar-refractivity contribution is -0.140. The van der Waals surface area contributed by atoms with Crippen LogP contribution in [0.5, 0.6) is 0 Å². The summed E-state index contributed by atoms with van der Waals surface area (Å²) in [5.41, 5.74) is -13.2. The molecule has 3 aromatic carbocycles. The summed E-state index contributed by atoms with van der Waals surface area (Å²) in [7, 11) is 0. The van der Waals surface area contributed by atoms with Gasteiger partial charge >= 0.3 is 12.4 Å². The third kappa shape index (κ3) is 5.04. The maximum absolute atomic E-state index is 17.0. The van der Waals surface area contributed by atoms with Gasteiger partial charge in [0.05, 0.1) is 22.3 Å². The van der Waals surface area contributed by atoms with Crippen LogP contribution < -0.4 is 0 Å². The molecule has 2 aliphatic carbocycles. The summed E-state index contributed by atoms with van der Waals surface area (Å²) >= 11 is 0. The van der Waals surface area contributed by atoms with Crippen molar-refractivity contribution in [3.8, 4) is 36.4 Å². The molecule has 0 unspecified atom stereocenters. The van der Waals surface area contributed by atoms with E-state index in [9.17, 15) is 66.7 Å². The second-order valence-electron chi connectivity index (χ2n) is 10.1. The smallest absolute Gasteiger partial charge is 0.206 e. The lowest BCUT2D eigenvalue weighted by atomic mass is 9.88. The molecule has 0 aliphatic heterocycles.